The van der Waals surface area contributed by atoms with E-state index in [0.29, 0.717) is 112 Å². The van der Waals surface area contributed by atoms with E-state index >= 15 is 0 Å². The molecule has 0 aromatic rings. The van der Waals surface area contributed by atoms with Crippen LogP contribution < -0.4 is 0 Å². The topological polar surface area (TPSA) is 130 Å². The van der Waals surface area contributed by atoms with E-state index in [9.17, 15) is 4.79 Å². The third-order valence-corrected chi connectivity index (χ3v) is 4.24. The minimum atomic E-state index is -0.992. The molecule has 0 aliphatic heterocycles. The van der Waals surface area contributed by atoms with Crippen molar-refractivity contribution in [2.24, 2.45) is 0 Å². The van der Waals surface area contributed by atoms with Gasteiger partial charge in [-0.05, 0) is 0 Å². The molecule has 35 heavy (non-hydrogen) atoms. The molecule has 0 aromatic carbocycles. The van der Waals surface area contributed by atoms with Crippen LogP contribution in [0.25, 0.3) is 0 Å². The molecule has 0 atom stereocenters. The molecule has 1 N–H and O–H groups in total. The zero-order chi connectivity index (χ0) is 25.5. The summed E-state index contributed by atoms with van der Waals surface area (Å²) < 4.78 is 54.2. The molecule has 0 saturated heterocycles. The smallest absolute Gasteiger partial charge is 0.329 e. The van der Waals surface area contributed by atoms with Crippen LogP contribution in [-0.2, 0) is 52.2 Å². The Hall–Kier alpha value is -0.200. The summed E-state index contributed by atoms with van der Waals surface area (Å²) in [6, 6.07) is 0. The van der Waals surface area contributed by atoms with Crippen LogP contribution in [0.2, 0.25) is 0 Å². The van der Waals surface area contributed by atoms with Gasteiger partial charge < -0.3 is 52.5 Å². The van der Waals surface area contributed by atoms with Crippen molar-refractivity contribution in [1.29, 1.82) is 0 Å². The Labute approximate surface area is 222 Å². The molecule has 0 unspecified atom stereocenters. The molecule has 0 saturated carbocycles. The van der Waals surface area contributed by atoms with Gasteiger partial charge in [0, 0.05) is 4.43 Å². The van der Waals surface area contributed by atoms with E-state index in [1.807, 2.05) is 0 Å². The summed E-state index contributed by atoms with van der Waals surface area (Å²) >= 11 is 2.27. The Morgan fingerprint density at radius 2 is 0.600 bits per heavy atom. The first-order valence-corrected chi connectivity index (χ1v) is 13.3. The molecule has 210 valence electrons. The Balaban J connectivity index is 3.01. The number of ether oxygens (including phenoxy) is 10. The molecule has 0 rings (SSSR count). The second-order valence-electron chi connectivity index (χ2n) is 6.65. The fourth-order valence-electron chi connectivity index (χ4n) is 2.19. The van der Waals surface area contributed by atoms with Crippen molar-refractivity contribution in [2.45, 2.75) is 0 Å². The normalized spacial score (nSPS) is 11.3. The molecule has 0 amide bonds. The van der Waals surface area contributed by atoms with Crippen LogP contribution in [-0.4, -0.2) is 148 Å². The predicted molar refractivity (Wildman–Crippen MR) is 135 cm³/mol. The molecule has 13 heteroatoms. The van der Waals surface area contributed by atoms with Crippen molar-refractivity contribution in [3.63, 3.8) is 0 Å². The molecule has 0 spiro atoms. The van der Waals surface area contributed by atoms with E-state index in [0.717, 1.165) is 11.0 Å². The standard InChI is InChI=1S/C22H43IO12/c23-1-2-26-3-4-27-5-6-28-7-8-29-9-10-30-11-12-31-13-14-32-15-16-33-17-18-34-19-20-35-21-22(24)25/h1-21H2,(H,24,25). The van der Waals surface area contributed by atoms with Crippen LogP contribution in [0.3, 0.4) is 0 Å². The number of hydrogen-bond donors (Lipinski definition) is 1. The van der Waals surface area contributed by atoms with Crippen molar-refractivity contribution in [1.82, 2.24) is 0 Å². The molecular formula is C22H43IO12. The SMILES string of the molecule is O=C(O)COCCOCCOCCOCCOCCOCCOCCOCCOCCOCCI. The van der Waals surface area contributed by atoms with E-state index in [1.54, 1.807) is 0 Å². The first-order chi connectivity index (χ1) is 17.3. The Kier molecular flexibility index (Phi) is 31.6. The van der Waals surface area contributed by atoms with Crippen molar-refractivity contribution < 1.29 is 57.3 Å². The van der Waals surface area contributed by atoms with Gasteiger partial charge in [-0.25, -0.2) is 4.79 Å². The fourth-order valence-corrected chi connectivity index (χ4v) is 2.50. The van der Waals surface area contributed by atoms with E-state index in [1.165, 1.54) is 0 Å². The third kappa shape index (κ3) is 33.8. The number of halogens is 1. The van der Waals surface area contributed by atoms with Crippen LogP contribution in [0.4, 0.5) is 0 Å². The number of carboxylic acids is 1. The molecule has 0 fully saturated rings. The van der Waals surface area contributed by atoms with E-state index in [4.69, 9.17) is 52.5 Å². The van der Waals surface area contributed by atoms with Gasteiger partial charge in [0.2, 0.25) is 0 Å². The average molecular weight is 626 g/mol. The van der Waals surface area contributed by atoms with Crippen molar-refractivity contribution >= 4 is 28.6 Å². The molecule has 12 nitrogen and oxygen atoms in total. The van der Waals surface area contributed by atoms with Gasteiger partial charge in [-0.2, -0.15) is 0 Å². The second-order valence-corrected chi connectivity index (χ2v) is 7.73. The summed E-state index contributed by atoms with van der Waals surface area (Å²) in [4.78, 5) is 10.2. The molecule has 0 aromatic heterocycles. The van der Waals surface area contributed by atoms with Gasteiger partial charge in [-0.1, -0.05) is 22.6 Å². The summed E-state index contributed by atoms with van der Waals surface area (Å²) in [5, 5.41) is 8.40. The highest BCUT2D eigenvalue weighted by Crippen LogP contribution is 1.87. The fraction of sp³-hybridized carbons (Fsp3) is 0.955. The van der Waals surface area contributed by atoms with Gasteiger partial charge in [-0.3, -0.25) is 0 Å². The zero-order valence-corrected chi connectivity index (χ0v) is 22.8. The van der Waals surface area contributed by atoms with Gasteiger partial charge >= 0.3 is 5.97 Å². The van der Waals surface area contributed by atoms with E-state index in [2.05, 4.69) is 22.6 Å². The minimum absolute atomic E-state index is 0.247. The Morgan fingerprint density at radius 3 is 0.800 bits per heavy atom. The quantitative estimate of drug-likeness (QED) is 0.0660. The van der Waals surface area contributed by atoms with Crippen LogP contribution in [0, 0.1) is 0 Å². The summed E-state index contributed by atoms with van der Waals surface area (Å²) in [7, 11) is 0. The maximum absolute atomic E-state index is 10.2. The predicted octanol–water partition coefficient (Wildman–Crippen LogP) is 0.672. The van der Waals surface area contributed by atoms with Gasteiger partial charge in [0.25, 0.3) is 0 Å². The first-order valence-electron chi connectivity index (χ1n) is 11.8. The summed E-state index contributed by atoms with van der Waals surface area (Å²) in [5.74, 6) is -0.992. The van der Waals surface area contributed by atoms with E-state index in [-0.39, 0.29) is 13.2 Å². The molecular weight excluding hydrogens is 583 g/mol. The molecule has 0 aliphatic rings. The number of carboxylic acid groups (broad SMARTS) is 1. The Bertz CT molecular complexity index is 420. The number of carbonyl (C=O) groups is 1. The number of hydrogen-bond acceptors (Lipinski definition) is 11. The highest BCUT2D eigenvalue weighted by Gasteiger charge is 1.97. The maximum atomic E-state index is 10.2. The lowest BCUT2D eigenvalue weighted by molar-refractivity contribution is -0.142. The first kappa shape index (κ1) is 34.8. The third-order valence-electron chi connectivity index (χ3n) is 3.80. The van der Waals surface area contributed by atoms with Crippen molar-refractivity contribution in [2.75, 3.05) is 137 Å². The lowest BCUT2D eigenvalue weighted by Crippen LogP contribution is -2.15. The van der Waals surface area contributed by atoms with Crippen LogP contribution in [0.5, 0.6) is 0 Å². The van der Waals surface area contributed by atoms with Crippen LogP contribution in [0.15, 0.2) is 0 Å². The number of alkyl halides is 1. The van der Waals surface area contributed by atoms with Crippen LogP contribution >= 0.6 is 22.6 Å². The summed E-state index contributed by atoms with van der Waals surface area (Å²) in [5.41, 5.74) is 0. The van der Waals surface area contributed by atoms with Crippen molar-refractivity contribution in [3.8, 4) is 0 Å². The van der Waals surface area contributed by atoms with Gasteiger partial charge in [0.1, 0.15) is 6.61 Å². The number of aliphatic carboxylic acids is 1. The van der Waals surface area contributed by atoms with Gasteiger partial charge in [-0.15, -0.1) is 0 Å². The average Bonchev–Trinajstić information content (AvgIpc) is 2.85. The highest BCUT2D eigenvalue weighted by atomic mass is 127. The van der Waals surface area contributed by atoms with Crippen LogP contribution in [0.1, 0.15) is 0 Å². The summed E-state index contributed by atoms with van der Waals surface area (Å²) in [6.07, 6.45) is 0. The highest BCUT2D eigenvalue weighted by molar-refractivity contribution is 14.1. The second kappa shape index (κ2) is 31.8. The number of rotatable bonds is 31. The largest absolute Gasteiger partial charge is 0.480 e. The zero-order valence-electron chi connectivity index (χ0n) is 20.7. The van der Waals surface area contributed by atoms with Gasteiger partial charge in [0.15, 0.2) is 0 Å². The summed E-state index contributed by atoms with van der Waals surface area (Å²) in [6.45, 7) is 9.21. The minimum Gasteiger partial charge on any atom is -0.480 e. The lowest BCUT2D eigenvalue weighted by Gasteiger charge is -2.09. The Morgan fingerprint density at radius 1 is 0.400 bits per heavy atom. The van der Waals surface area contributed by atoms with E-state index < -0.39 is 5.97 Å². The lowest BCUT2D eigenvalue weighted by atomic mass is 10.6. The maximum Gasteiger partial charge on any atom is 0.329 e. The monoisotopic (exact) mass is 626 g/mol. The van der Waals surface area contributed by atoms with Crippen molar-refractivity contribution in [3.05, 3.63) is 0 Å². The molecule has 0 aliphatic carbocycles. The van der Waals surface area contributed by atoms with Gasteiger partial charge in [0.05, 0.1) is 126 Å². The molecule has 0 bridgehead atoms. The molecule has 0 radical (unpaired) electrons. The molecule has 0 heterocycles.